The standard InChI is InChI=1S/C30H25N5O6S/c1-19(27(36)33-21-13-15-22(16-14-21)42(39,40)34-30-31-17-8-18-32-30)41-29(38)26-25(20-9-4-3-5-10-20)23-11-6-7-12-24(23)28(37)35(26)2/h3-19H,1-2H3,(H,33,36)(H,31,32,34). The summed E-state index contributed by atoms with van der Waals surface area (Å²) in [5.74, 6) is -1.58. The predicted molar refractivity (Wildman–Crippen MR) is 157 cm³/mol. The van der Waals surface area contributed by atoms with Gasteiger partial charge >= 0.3 is 5.97 Å². The number of hydrogen-bond acceptors (Lipinski definition) is 8. The molecule has 0 aliphatic heterocycles. The average Bonchev–Trinajstić information content (AvgIpc) is 2.99. The number of nitrogens with zero attached hydrogens (tertiary/aromatic N) is 3. The molecular weight excluding hydrogens is 558 g/mol. The first kappa shape index (κ1) is 28.2. The number of benzene rings is 3. The van der Waals surface area contributed by atoms with E-state index >= 15 is 0 Å². The molecule has 212 valence electrons. The molecule has 1 atom stereocenters. The van der Waals surface area contributed by atoms with E-state index in [1.165, 1.54) is 55.2 Å². The third-order valence-corrected chi connectivity index (χ3v) is 7.78. The topological polar surface area (TPSA) is 149 Å². The van der Waals surface area contributed by atoms with Gasteiger partial charge in [-0.1, -0.05) is 48.5 Å². The summed E-state index contributed by atoms with van der Waals surface area (Å²) in [5, 5.41) is 3.63. The Morgan fingerprint density at radius 1 is 0.857 bits per heavy atom. The van der Waals surface area contributed by atoms with Crippen molar-refractivity contribution in [1.29, 1.82) is 0 Å². The molecule has 3 aromatic carbocycles. The number of nitrogens with one attached hydrogen (secondary N) is 2. The minimum absolute atomic E-state index is 0.00834. The number of rotatable bonds is 8. The van der Waals surface area contributed by atoms with Crippen LogP contribution in [0.3, 0.4) is 0 Å². The molecule has 5 aromatic rings. The van der Waals surface area contributed by atoms with E-state index in [4.69, 9.17) is 4.74 Å². The number of anilines is 2. The molecule has 0 fully saturated rings. The molecule has 42 heavy (non-hydrogen) atoms. The van der Waals surface area contributed by atoms with Gasteiger partial charge in [0, 0.05) is 36.1 Å². The lowest BCUT2D eigenvalue weighted by Gasteiger charge is -2.19. The Kier molecular flexibility index (Phi) is 7.80. The highest BCUT2D eigenvalue weighted by Crippen LogP contribution is 2.31. The van der Waals surface area contributed by atoms with Crippen molar-refractivity contribution >= 4 is 44.3 Å². The summed E-state index contributed by atoms with van der Waals surface area (Å²) >= 11 is 0. The molecule has 0 aliphatic carbocycles. The molecule has 2 N–H and O–H groups in total. The van der Waals surface area contributed by atoms with Crippen LogP contribution in [0.2, 0.25) is 0 Å². The van der Waals surface area contributed by atoms with E-state index in [1.54, 1.807) is 30.3 Å². The molecule has 1 amide bonds. The van der Waals surface area contributed by atoms with Gasteiger partial charge in [-0.25, -0.2) is 27.9 Å². The summed E-state index contributed by atoms with van der Waals surface area (Å²) in [7, 11) is -2.47. The number of aromatic nitrogens is 3. The number of sulfonamides is 1. The lowest BCUT2D eigenvalue weighted by atomic mass is 9.97. The zero-order valence-electron chi connectivity index (χ0n) is 22.5. The summed E-state index contributed by atoms with van der Waals surface area (Å²) in [4.78, 5) is 47.1. The van der Waals surface area contributed by atoms with Crippen molar-refractivity contribution in [2.75, 3.05) is 10.0 Å². The van der Waals surface area contributed by atoms with E-state index in [1.807, 2.05) is 30.3 Å². The van der Waals surface area contributed by atoms with Gasteiger partial charge in [0.05, 0.1) is 4.90 Å². The van der Waals surface area contributed by atoms with E-state index in [0.717, 1.165) is 0 Å². The van der Waals surface area contributed by atoms with Crippen LogP contribution >= 0.6 is 0 Å². The van der Waals surface area contributed by atoms with Gasteiger partial charge in [-0.05, 0) is 54.3 Å². The SMILES string of the molecule is CC(OC(=O)c1c(-c2ccccc2)c2ccccc2c(=O)n1C)C(=O)Nc1ccc(S(=O)(=O)Nc2ncccn2)cc1. The van der Waals surface area contributed by atoms with Gasteiger partial charge in [-0.15, -0.1) is 0 Å². The summed E-state index contributed by atoms with van der Waals surface area (Å²) in [6, 6.07) is 23.1. The first-order chi connectivity index (χ1) is 20.2. The molecule has 0 aliphatic rings. The molecule has 0 bridgehead atoms. The quantitative estimate of drug-likeness (QED) is 0.261. The number of hydrogen-bond donors (Lipinski definition) is 2. The van der Waals surface area contributed by atoms with Gasteiger partial charge in [0.1, 0.15) is 5.69 Å². The molecule has 12 heteroatoms. The zero-order valence-corrected chi connectivity index (χ0v) is 23.3. The van der Waals surface area contributed by atoms with Crippen LogP contribution < -0.4 is 15.6 Å². The third kappa shape index (κ3) is 5.74. The number of fused-ring (bicyclic) bond motifs is 1. The first-order valence-electron chi connectivity index (χ1n) is 12.7. The van der Waals surface area contributed by atoms with Crippen LogP contribution in [0.25, 0.3) is 21.9 Å². The highest BCUT2D eigenvalue weighted by Gasteiger charge is 2.26. The van der Waals surface area contributed by atoms with Crippen molar-refractivity contribution in [3.63, 3.8) is 0 Å². The molecule has 0 saturated heterocycles. The molecule has 0 spiro atoms. The van der Waals surface area contributed by atoms with Crippen molar-refractivity contribution in [2.45, 2.75) is 17.9 Å². The molecule has 2 aromatic heterocycles. The normalized spacial score (nSPS) is 12.0. The van der Waals surface area contributed by atoms with Crippen molar-refractivity contribution in [3.8, 4) is 11.1 Å². The molecule has 1 unspecified atom stereocenters. The molecule has 2 heterocycles. The van der Waals surface area contributed by atoms with Gasteiger partial charge in [0.2, 0.25) is 5.95 Å². The number of ether oxygens (including phenoxy) is 1. The van der Waals surface area contributed by atoms with E-state index in [-0.39, 0.29) is 27.8 Å². The molecule has 0 saturated carbocycles. The minimum atomic E-state index is -3.96. The van der Waals surface area contributed by atoms with Crippen molar-refractivity contribution in [2.24, 2.45) is 7.05 Å². The van der Waals surface area contributed by atoms with Gasteiger partial charge < -0.3 is 14.6 Å². The molecule has 0 radical (unpaired) electrons. The maximum atomic E-state index is 13.5. The fourth-order valence-corrected chi connectivity index (χ4v) is 5.32. The minimum Gasteiger partial charge on any atom is -0.448 e. The summed E-state index contributed by atoms with van der Waals surface area (Å²) in [5.41, 5.74) is 1.13. The number of carbonyl (C=O) groups is 2. The van der Waals surface area contributed by atoms with Crippen LogP contribution in [0.1, 0.15) is 17.4 Å². The maximum Gasteiger partial charge on any atom is 0.356 e. The van der Waals surface area contributed by atoms with Crippen LogP contribution in [0, 0.1) is 0 Å². The Morgan fingerprint density at radius 3 is 2.14 bits per heavy atom. The van der Waals surface area contributed by atoms with Crippen molar-refractivity contribution in [3.05, 3.63) is 113 Å². The second kappa shape index (κ2) is 11.6. The van der Waals surface area contributed by atoms with Crippen LogP contribution in [0.15, 0.2) is 107 Å². The summed E-state index contributed by atoms with van der Waals surface area (Å²) in [6.45, 7) is 1.40. The van der Waals surface area contributed by atoms with E-state index < -0.39 is 28.0 Å². The highest BCUT2D eigenvalue weighted by atomic mass is 32.2. The van der Waals surface area contributed by atoms with Gasteiger partial charge in [0.25, 0.3) is 21.5 Å². The Balaban J connectivity index is 1.35. The van der Waals surface area contributed by atoms with Crippen LogP contribution in [-0.2, 0) is 26.6 Å². The number of pyridine rings is 1. The largest absolute Gasteiger partial charge is 0.448 e. The van der Waals surface area contributed by atoms with E-state index in [9.17, 15) is 22.8 Å². The van der Waals surface area contributed by atoms with Crippen LogP contribution in [0.5, 0.6) is 0 Å². The second-order valence-corrected chi connectivity index (χ2v) is 10.9. The number of esters is 1. The number of carbonyl (C=O) groups excluding carboxylic acids is 2. The van der Waals surface area contributed by atoms with Crippen LogP contribution in [-0.4, -0.2) is 40.9 Å². The fraction of sp³-hybridized carbons (Fsp3) is 0.100. The fourth-order valence-electron chi connectivity index (χ4n) is 4.36. The third-order valence-electron chi connectivity index (χ3n) is 6.44. The number of amides is 1. The van der Waals surface area contributed by atoms with Crippen LogP contribution in [0.4, 0.5) is 11.6 Å². The zero-order chi connectivity index (χ0) is 29.9. The Bertz CT molecular complexity index is 1940. The first-order valence-corrected chi connectivity index (χ1v) is 14.2. The Labute approximate surface area is 240 Å². The Hall–Kier alpha value is -5.36. The maximum absolute atomic E-state index is 13.5. The van der Waals surface area contributed by atoms with Crippen molar-refractivity contribution < 1.29 is 22.7 Å². The summed E-state index contributed by atoms with van der Waals surface area (Å²) < 4.78 is 34.2. The molecule has 5 rings (SSSR count). The average molecular weight is 584 g/mol. The van der Waals surface area contributed by atoms with E-state index in [2.05, 4.69) is 20.0 Å². The lowest BCUT2D eigenvalue weighted by Crippen LogP contribution is -2.33. The smallest absolute Gasteiger partial charge is 0.356 e. The lowest BCUT2D eigenvalue weighted by molar-refractivity contribution is -0.123. The highest BCUT2D eigenvalue weighted by molar-refractivity contribution is 7.92. The van der Waals surface area contributed by atoms with Gasteiger partial charge in [-0.3, -0.25) is 9.59 Å². The summed E-state index contributed by atoms with van der Waals surface area (Å²) in [6.07, 6.45) is 1.56. The predicted octanol–water partition coefficient (Wildman–Crippen LogP) is 3.98. The van der Waals surface area contributed by atoms with Gasteiger partial charge in [-0.2, -0.15) is 0 Å². The van der Waals surface area contributed by atoms with E-state index in [0.29, 0.717) is 21.9 Å². The Morgan fingerprint density at radius 2 is 1.48 bits per heavy atom. The molecular formula is C30H25N5O6S. The second-order valence-electron chi connectivity index (χ2n) is 9.24. The van der Waals surface area contributed by atoms with Gasteiger partial charge in [0.15, 0.2) is 6.10 Å². The molecule has 11 nitrogen and oxygen atoms in total. The monoisotopic (exact) mass is 583 g/mol. The van der Waals surface area contributed by atoms with Crippen molar-refractivity contribution in [1.82, 2.24) is 14.5 Å².